The average Bonchev–Trinajstić information content (AvgIpc) is 2.88. The van der Waals surface area contributed by atoms with Gasteiger partial charge in [0.05, 0.1) is 25.3 Å². The molecular weight excluding hydrogens is 335 g/mol. The highest BCUT2D eigenvalue weighted by molar-refractivity contribution is 7.88. The second kappa shape index (κ2) is 6.53. The van der Waals surface area contributed by atoms with Crippen LogP contribution < -0.4 is 4.90 Å². The molecule has 0 bridgehead atoms. The van der Waals surface area contributed by atoms with Crippen LogP contribution in [0.5, 0.6) is 0 Å². The van der Waals surface area contributed by atoms with Crippen LogP contribution in [0.4, 0.5) is 10.3 Å². The largest absolute Gasteiger partial charge is 0.383 e. The number of halogens is 1. The molecule has 3 rings (SSSR count). The van der Waals surface area contributed by atoms with Crippen LogP contribution in [0.1, 0.15) is 25.7 Å². The standard InChI is InChI=1S/C15H23FN4O3S/c1-23-11-13-3-4-15(20(13)24(2,21)22)5-7-19(8-6-15)14-17-9-12(16)10-18-14/h9-10,13H,3-8,11H2,1-2H3/t13-/m1/s1. The highest BCUT2D eigenvalue weighted by Gasteiger charge is 2.52. The molecular formula is C15H23FN4O3S. The SMILES string of the molecule is COC[C@H]1CCC2(CCN(c3ncc(F)cn3)CC2)N1S(C)(=O)=O. The molecule has 0 saturated carbocycles. The molecule has 2 saturated heterocycles. The first-order valence-electron chi connectivity index (χ1n) is 8.07. The number of piperidine rings is 1. The molecule has 0 unspecified atom stereocenters. The average molecular weight is 358 g/mol. The van der Waals surface area contributed by atoms with Gasteiger partial charge in [0.1, 0.15) is 0 Å². The second-order valence-corrected chi connectivity index (χ2v) is 8.48. The van der Waals surface area contributed by atoms with Crippen LogP contribution in [-0.4, -0.2) is 67.3 Å². The maximum absolute atomic E-state index is 13.0. The van der Waals surface area contributed by atoms with Gasteiger partial charge in [-0.2, -0.15) is 4.31 Å². The monoisotopic (exact) mass is 358 g/mol. The molecule has 0 aromatic carbocycles. The van der Waals surface area contributed by atoms with Crippen molar-refractivity contribution in [1.29, 1.82) is 0 Å². The van der Waals surface area contributed by atoms with E-state index in [1.807, 2.05) is 4.90 Å². The van der Waals surface area contributed by atoms with E-state index in [9.17, 15) is 12.8 Å². The quantitative estimate of drug-likeness (QED) is 0.800. The summed E-state index contributed by atoms with van der Waals surface area (Å²) in [7, 11) is -1.72. The summed E-state index contributed by atoms with van der Waals surface area (Å²) in [6, 6.07) is -0.0985. The topological polar surface area (TPSA) is 75.6 Å². The number of hydrogen-bond donors (Lipinski definition) is 0. The summed E-state index contributed by atoms with van der Waals surface area (Å²) in [6.07, 6.45) is 6.65. The lowest BCUT2D eigenvalue weighted by atomic mass is 9.86. The van der Waals surface area contributed by atoms with Gasteiger partial charge in [-0.3, -0.25) is 0 Å². The molecule has 2 aliphatic rings. The predicted molar refractivity (Wildman–Crippen MR) is 87.7 cm³/mol. The van der Waals surface area contributed by atoms with E-state index in [1.165, 1.54) is 6.26 Å². The van der Waals surface area contributed by atoms with E-state index in [-0.39, 0.29) is 11.6 Å². The lowest BCUT2D eigenvalue weighted by molar-refractivity contribution is 0.104. The lowest BCUT2D eigenvalue weighted by Gasteiger charge is -2.45. The van der Waals surface area contributed by atoms with Crippen molar-refractivity contribution in [2.75, 3.05) is 38.0 Å². The Labute approximate surface area is 141 Å². The first-order chi connectivity index (χ1) is 11.4. The Kier molecular flexibility index (Phi) is 4.76. The number of nitrogens with zero attached hydrogens (tertiary/aromatic N) is 4. The third kappa shape index (κ3) is 3.25. The molecule has 24 heavy (non-hydrogen) atoms. The number of rotatable bonds is 4. The Balaban J connectivity index is 1.77. The molecule has 0 amide bonds. The minimum atomic E-state index is -3.32. The van der Waals surface area contributed by atoms with E-state index in [0.717, 1.165) is 25.2 Å². The molecule has 1 aromatic heterocycles. The van der Waals surface area contributed by atoms with Crippen LogP contribution in [-0.2, 0) is 14.8 Å². The number of methoxy groups -OCH3 is 1. The number of aromatic nitrogens is 2. The van der Waals surface area contributed by atoms with Crippen molar-refractivity contribution in [3.63, 3.8) is 0 Å². The number of ether oxygens (including phenoxy) is 1. The summed E-state index contributed by atoms with van der Waals surface area (Å²) in [5.74, 6) is 0.0253. The molecule has 7 nitrogen and oxygen atoms in total. The van der Waals surface area contributed by atoms with Crippen LogP contribution >= 0.6 is 0 Å². The summed E-state index contributed by atoms with van der Waals surface area (Å²) < 4.78 is 44.6. The zero-order chi connectivity index (χ0) is 17.4. The first-order valence-corrected chi connectivity index (χ1v) is 9.91. The van der Waals surface area contributed by atoms with E-state index in [4.69, 9.17) is 4.74 Å². The molecule has 2 aliphatic heterocycles. The fraction of sp³-hybridized carbons (Fsp3) is 0.733. The number of sulfonamides is 1. The van der Waals surface area contributed by atoms with E-state index < -0.39 is 15.8 Å². The van der Waals surface area contributed by atoms with Gasteiger partial charge in [0.2, 0.25) is 16.0 Å². The molecule has 134 valence electrons. The van der Waals surface area contributed by atoms with Crippen molar-refractivity contribution < 1.29 is 17.5 Å². The van der Waals surface area contributed by atoms with Crippen LogP contribution in [0.3, 0.4) is 0 Å². The van der Waals surface area contributed by atoms with E-state index in [0.29, 0.717) is 38.5 Å². The highest BCUT2D eigenvalue weighted by atomic mass is 32.2. The Hall–Kier alpha value is -1.32. The summed E-state index contributed by atoms with van der Waals surface area (Å²) in [5, 5.41) is 0. The fourth-order valence-electron chi connectivity index (χ4n) is 4.08. The number of anilines is 1. The Morgan fingerprint density at radius 3 is 2.46 bits per heavy atom. The van der Waals surface area contributed by atoms with Gasteiger partial charge in [-0.25, -0.2) is 22.8 Å². The smallest absolute Gasteiger partial charge is 0.225 e. The predicted octanol–water partition coefficient (Wildman–Crippen LogP) is 1.03. The molecule has 1 spiro atoms. The molecule has 0 aliphatic carbocycles. The molecule has 0 N–H and O–H groups in total. The number of hydrogen-bond acceptors (Lipinski definition) is 6. The third-order valence-corrected chi connectivity index (χ3v) is 6.44. The van der Waals surface area contributed by atoms with Crippen LogP contribution in [0.25, 0.3) is 0 Å². The van der Waals surface area contributed by atoms with Gasteiger partial charge in [-0.1, -0.05) is 0 Å². The van der Waals surface area contributed by atoms with Gasteiger partial charge in [0.15, 0.2) is 5.82 Å². The van der Waals surface area contributed by atoms with Crippen molar-refractivity contribution in [2.24, 2.45) is 0 Å². The Morgan fingerprint density at radius 1 is 1.29 bits per heavy atom. The van der Waals surface area contributed by atoms with Crippen LogP contribution in [0, 0.1) is 5.82 Å². The Bertz CT molecular complexity index is 674. The fourth-order valence-corrected chi connectivity index (χ4v) is 5.76. The van der Waals surface area contributed by atoms with Gasteiger partial charge in [0, 0.05) is 31.8 Å². The van der Waals surface area contributed by atoms with Gasteiger partial charge < -0.3 is 9.64 Å². The summed E-state index contributed by atoms with van der Waals surface area (Å²) in [4.78, 5) is 10.0. The zero-order valence-electron chi connectivity index (χ0n) is 14.0. The van der Waals surface area contributed by atoms with Gasteiger partial charge in [0.25, 0.3) is 0 Å². The van der Waals surface area contributed by atoms with Crippen LogP contribution in [0.2, 0.25) is 0 Å². The van der Waals surface area contributed by atoms with Gasteiger partial charge in [-0.05, 0) is 25.7 Å². The normalized spacial score (nSPS) is 24.6. The molecule has 9 heteroatoms. The lowest BCUT2D eigenvalue weighted by Crippen LogP contribution is -2.56. The van der Waals surface area contributed by atoms with Crippen molar-refractivity contribution in [1.82, 2.24) is 14.3 Å². The highest BCUT2D eigenvalue weighted by Crippen LogP contribution is 2.43. The maximum atomic E-state index is 13.0. The molecule has 1 atom stereocenters. The molecule has 0 radical (unpaired) electrons. The van der Waals surface area contributed by atoms with Crippen molar-refractivity contribution >= 4 is 16.0 Å². The molecule has 2 fully saturated rings. The van der Waals surface area contributed by atoms with Gasteiger partial charge >= 0.3 is 0 Å². The van der Waals surface area contributed by atoms with Crippen LogP contribution in [0.15, 0.2) is 12.4 Å². The minimum absolute atomic E-state index is 0.0985. The second-order valence-electron chi connectivity index (χ2n) is 6.62. The third-order valence-electron chi connectivity index (χ3n) is 5.04. The summed E-state index contributed by atoms with van der Waals surface area (Å²) >= 11 is 0. The zero-order valence-corrected chi connectivity index (χ0v) is 14.8. The van der Waals surface area contributed by atoms with Crippen molar-refractivity contribution in [2.45, 2.75) is 37.3 Å². The summed E-state index contributed by atoms with van der Waals surface area (Å²) in [6.45, 7) is 1.72. The molecule has 1 aromatic rings. The molecule has 3 heterocycles. The van der Waals surface area contributed by atoms with Crippen molar-refractivity contribution in [3.05, 3.63) is 18.2 Å². The Morgan fingerprint density at radius 2 is 1.92 bits per heavy atom. The minimum Gasteiger partial charge on any atom is -0.383 e. The van der Waals surface area contributed by atoms with Crippen molar-refractivity contribution in [3.8, 4) is 0 Å². The van der Waals surface area contributed by atoms with E-state index in [1.54, 1.807) is 11.4 Å². The maximum Gasteiger partial charge on any atom is 0.225 e. The first kappa shape index (κ1) is 17.5. The van der Waals surface area contributed by atoms with E-state index in [2.05, 4.69) is 9.97 Å². The summed E-state index contributed by atoms with van der Waals surface area (Å²) in [5.41, 5.74) is -0.354. The van der Waals surface area contributed by atoms with E-state index >= 15 is 0 Å². The van der Waals surface area contributed by atoms with Gasteiger partial charge in [-0.15, -0.1) is 0 Å².